The third-order valence-corrected chi connectivity index (χ3v) is 3.98. The summed E-state index contributed by atoms with van der Waals surface area (Å²) in [6, 6.07) is 10.8. The fourth-order valence-electron chi connectivity index (χ4n) is 2.54. The highest BCUT2D eigenvalue weighted by Gasteiger charge is 2.15. The highest BCUT2D eigenvalue weighted by molar-refractivity contribution is 9.10. The van der Waals surface area contributed by atoms with Gasteiger partial charge in [0.15, 0.2) is 0 Å². The molecular formula is C16H15BrFNO. The Morgan fingerprint density at radius 1 is 1.25 bits per heavy atom. The Morgan fingerprint density at radius 2 is 2.10 bits per heavy atom. The third kappa shape index (κ3) is 2.86. The average Bonchev–Trinajstić information content (AvgIpc) is 2.84. The monoisotopic (exact) mass is 335 g/mol. The van der Waals surface area contributed by atoms with E-state index in [1.54, 1.807) is 0 Å². The quantitative estimate of drug-likeness (QED) is 0.926. The number of hydrogen-bond donors (Lipinski definition) is 1. The van der Waals surface area contributed by atoms with Crippen LogP contribution in [0.15, 0.2) is 40.9 Å². The minimum Gasteiger partial charge on any atom is -0.493 e. The Balaban J connectivity index is 1.80. The molecule has 0 saturated heterocycles. The van der Waals surface area contributed by atoms with Crippen LogP contribution in [-0.4, -0.2) is 6.61 Å². The van der Waals surface area contributed by atoms with E-state index in [0.717, 1.165) is 34.4 Å². The molecule has 0 aliphatic carbocycles. The van der Waals surface area contributed by atoms with Crippen molar-refractivity contribution < 1.29 is 9.13 Å². The second-order valence-electron chi connectivity index (χ2n) is 5.05. The van der Waals surface area contributed by atoms with Crippen molar-refractivity contribution in [1.82, 2.24) is 0 Å². The summed E-state index contributed by atoms with van der Waals surface area (Å²) in [7, 11) is 0. The lowest BCUT2D eigenvalue weighted by atomic mass is 9.97. The van der Waals surface area contributed by atoms with E-state index in [1.165, 1.54) is 17.7 Å². The normalized spacial score (nSPS) is 14.8. The molecule has 104 valence electrons. The summed E-state index contributed by atoms with van der Waals surface area (Å²) in [6.45, 7) is 0.741. The van der Waals surface area contributed by atoms with Gasteiger partial charge >= 0.3 is 0 Å². The zero-order valence-electron chi connectivity index (χ0n) is 10.9. The summed E-state index contributed by atoms with van der Waals surface area (Å²) in [5.74, 6) is 0.707. The number of ether oxygens (including phenoxy) is 1. The number of rotatable bonds is 3. The smallest absolute Gasteiger partial charge is 0.124 e. The maximum Gasteiger partial charge on any atom is 0.124 e. The van der Waals surface area contributed by atoms with Gasteiger partial charge in [0.05, 0.1) is 6.61 Å². The SMILES string of the molecule is NC(Cc1cc(F)cc(Br)c1)c1ccc2c(c1)CCO2. The van der Waals surface area contributed by atoms with E-state index in [0.29, 0.717) is 6.42 Å². The van der Waals surface area contributed by atoms with Crippen molar-refractivity contribution in [3.05, 3.63) is 63.4 Å². The molecule has 1 atom stereocenters. The van der Waals surface area contributed by atoms with Crippen molar-refractivity contribution >= 4 is 15.9 Å². The molecule has 1 unspecified atom stereocenters. The lowest BCUT2D eigenvalue weighted by Gasteiger charge is -2.13. The molecule has 1 heterocycles. The fourth-order valence-corrected chi connectivity index (χ4v) is 3.05. The Morgan fingerprint density at radius 3 is 2.90 bits per heavy atom. The van der Waals surface area contributed by atoms with Gasteiger partial charge in [0, 0.05) is 16.9 Å². The van der Waals surface area contributed by atoms with E-state index >= 15 is 0 Å². The van der Waals surface area contributed by atoms with Crippen LogP contribution < -0.4 is 10.5 Å². The van der Waals surface area contributed by atoms with Gasteiger partial charge in [0.2, 0.25) is 0 Å². The molecule has 4 heteroatoms. The first kappa shape index (κ1) is 13.6. The van der Waals surface area contributed by atoms with Crippen molar-refractivity contribution in [1.29, 1.82) is 0 Å². The van der Waals surface area contributed by atoms with Crippen molar-refractivity contribution in [2.24, 2.45) is 5.73 Å². The van der Waals surface area contributed by atoms with Crippen molar-refractivity contribution in [2.45, 2.75) is 18.9 Å². The molecule has 20 heavy (non-hydrogen) atoms. The molecule has 0 saturated carbocycles. The molecule has 0 aromatic heterocycles. The van der Waals surface area contributed by atoms with Gasteiger partial charge in [-0.25, -0.2) is 4.39 Å². The molecule has 3 rings (SSSR count). The van der Waals surface area contributed by atoms with Crippen LogP contribution in [0.25, 0.3) is 0 Å². The summed E-state index contributed by atoms with van der Waals surface area (Å²) in [5, 5.41) is 0. The lowest BCUT2D eigenvalue weighted by molar-refractivity contribution is 0.357. The summed E-state index contributed by atoms with van der Waals surface area (Å²) in [6.07, 6.45) is 1.54. The molecule has 2 nitrogen and oxygen atoms in total. The molecule has 0 spiro atoms. The van der Waals surface area contributed by atoms with Crippen LogP contribution >= 0.6 is 15.9 Å². The zero-order valence-corrected chi connectivity index (χ0v) is 12.5. The molecule has 0 amide bonds. The van der Waals surface area contributed by atoms with Gasteiger partial charge in [0.1, 0.15) is 11.6 Å². The largest absolute Gasteiger partial charge is 0.493 e. The van der Waals surface area contributed by atoms with E-state index in [4.69, 9.17) is 10.5 Å². The number of halogens is 2. The minimum absolute atomic E-state index is 0.144. The molecule has 1 aliphatic rings. The number of nitrogens with two attached hydrogens (primary N) is 1. The van der Waals surface area contributed by atoms with Gasteiger partial charge in [-0.2, -0.15) is 0 Å². The van der Waals surface area contributed by atoms with Crippen LogP contribution in [0.1, 0.15) is 22.7 Å². The standard InChI is InChI=1S/C16H15BrFNO/c17-13-5-10(6-14(18)9-13)7-15(19)11-1-2-16-12(8-11)3-4-20-16/h1-2,5-6,8-9,15H,3-4,7,19H2. The summed E-state index contributed by atoms with van der Waals surface area (Å²) in [4.78, 5) is 0. The Labute approximate surface area is 125 Å². The second kappa shape index (κ2) is 5.54. The number of benzene rings is 2. The average molecular weight is 336 g/mol. The van der Waals surface area contributed by atoms with E-state index in [9.17, 15) is 4.39 Å². The molecule has 0 bridgehead atoms. The summed E-state index contributed by atoms with van der Waals surface area (Å²) < 4.78 is 19.6. The topological polar surface area (TPSA) is 35.2 Å². The molecule has 2 aromatic rings. The van der Waals surface area contributed by atoms with Gasteiger partial charge in [0.25, 0.3) is 0 Å². The van der Waals surface area contributed by atoms with E-state index in [1.807, 2.05) is 18.2 Å². The van der Waals surface area contributed by atoms with Crippen molar-refractivity contribution in [3.63, 3.8) is 0 Å². The first-order chi connectivity index (χ1) is 9.61. The summed E-state index contributed by atoms with van der Waals surface area (Å²) >= 11 is 3.30. The van der Waals surface area contributed by atoms with Crippen LogP contribution in [0.3, 0.4) is 0 Å². The summed E-state index contributed by atoms with van der Waals surface area (Å²) in [5.41, 5.74) is 9.40. The second-order valence-corrected chi connectivity index (χ2v) is 5.97. The van der Waals surface area contributed by atoms with Crippen LogP contribution in [-0.2, 0) is 12.8 Å². The minimum atomic E-state index is -0.246. The maximum atomic E-state index is 13.4. The molecule has 0 radical (unpaired) electrons. The Hall–Kier alpha value is -1.39. The Kier molecular flexibility index (Phi) is 3.76. The third-order valence-electron chi connectivity index (χ3n) is 3.52. The molecule has 2 N–H and O–H groups in total. The van der Waals surface area contributed by atoms with E-state index in [2.05, 4.69) is 22.0 Å². The van der Waals surface area contributed by atoms with Crippen LogP contribution in [0.4, 0.5) is 4.39 Å². The first-order valence-corrected chi connectivity index (χ1v) is 7.37. The lowest BCUT2D eigenvalue weighted by Crippen LogP contribution is -2.13. The zero-order chi connectivity index (χ0) is 14.1. The maximum absolute atomic E-state index is 13.4. The van der Waals surface area contributed by atoms with Gasteiger partial charge in [-0.15, -0.1) is 0 Å². The van der Waals surface area contributed by atoms with Crippen LogP contribution in [0.5, 0.6) is 5.75 Å². The van der Waals surface area contributed by atoms with Crippen molar-refractivity contribution in [3.8, 4) is 5.75 Å². The predicted molar refractivity (Wildman–Crippen MR) is 80.4 cm³/mol. The van der Waals surface area contributed by atoms with Gasteiger partial charge in [-0.1, -0.05) is 28.1 Å². The highest BCUT2D eigenvalue weighted by atomic mass is 79.9. The Bertz CT molecular complexity index is 624. The van der Waals surface area contributed by atoms with Gasteiger partial charge < -0.3 is 10.5 Å². The van der Waals surface area contributed by atoms with E-state index in [-0.39, 0.29) is 11.9 Å². The van der Waals surface area contributed by atoms with Gasteiger partial charge in [-0.05, 0) is 47.4 Å². The van der Waals surface area contributed by atoms with Crippen molar-refractivity contribution in [2.75, 3.05) is 6.61 Å². The molecular weight excluding hydrogens is 321 g/mol. The first-order valence-electron chi connectivity index (χ1n) is 6.58. The highest BCUT2D eigenvalue weighted by Crippen LogP contribution is 2.29. The van der Waals surface area contributed by atoms with Gasteiger partial charge in [-0.3, -0.25) is 0 Å². The molecule has 0 fully saturated rings. The van der Waals surface area contributed by atoms with Crippen LogP contribution in [0, 0.1) is 5.82 Å². The van der Waals surface area contributed by atoms with E-state index < -0.39 is 0 Å². The molecule has 1 aliphatic heterocycles. The number of fused-ring (bicyclic) bond motifs is 1. The molecule has 2 aromatic carbocycles. The number of hydrogen-bond acceptors (Lipinski definition) is 2. The fraction of sp³-hybridized carbons (Fsp3) is 0.250. The predicted octanol–water partition coefficient (Wildman–Crippen LogP) is 3.77. The van der Waals surface area contributed by atoms with Crippen LogP contribution in [0.2, 0.25) is 0 Å².